The third-order valence-electron chi connectivity index (χ3n) is 4.58. The molecule has 0 fully saturated rings. The van der Waals surface area contributed by atoms with Gasteiger partial charge in [0.1, 0.15) is 0 Å². The van der Waals surface area contributed by atoms with Crippen molar-refractivity contribution in [2.75, 3.05) is 6.61 Å². The molecular formula is C22H20O3S. The topological polar surface area (TPSA) is 46.5 Å². The van der Waals surface area contributed by atoms with Crippen LogP contribution in [0.5, 0.6) is 0 Å². The van der Waals surface area contributed by atoms with Crippen LogP contribution in [0.4, 0.5) is 0 Å². The normalized spacial score (nSPS) is 15.0. The molecule has 0 unspecified atom stereocenters. The van der Waals surface area contributed by atoms with Crippen LogP contribution in [0.2, 0.25) is 0 Å². The van der Waals surface area contributed by atoms with Crippen molar-refractivity contribution in [1.29, 1.82) is 0 Å². The van der Waals surface area contributed by atoms with Gasteiger partial charge in [-0.2, -0.15) is 0 Å². The lowest BCUT2D eigenvalue weighted by Crippen LogP contribution is -2.09. The molecule has 132 valence electrons. The largest absolute Gasteiger partial charge is 0.402 e. The summed E-state index contributed by atoms with van der Waals surface area (Å²) in [6.07, 6.45) is 0.614. The van der Waals surface area contributed by atoms with Gasteiger partial charge in [-0.05, 0) is 57.7 Å². The Kier molecular flexibility index (Phi) is 4.31. The molecule has 0 atom stereocenters. The molecule has 3 aromatic rings. The summed E-state index contributed by atoms with van der Waals surface area (Å²) in [5.41, 5.74) is 3.31. The molecule has 4 rings (SSSR count). The van der Waals surface area contributed by atoms with Gasteiger partial charge in [-0.1, -0.05) is 48.5 Å². The lowest BCUT2D eigenvalue weighted by molar-refractivity contribution is -0.131. The van der Waals surface area contributed by atoms with Gasteiger partial charge in [0.2, 0.25) is 0 Å². The lowest BCUT2D eigenvalue weighted by Gasteiger charge is -2.36. The number of carbonyl (C=O) groups excluding carboxylic acids is 1. The van der Waals surface area contributed by atoms with Gasteiger partial charge in [0, 0.05) is 28.2 Å². The Hall–Kier alpha value is -2.56. The smallest absolute Gasteiger partial charge is 0.313 e. The third-order valence-corrected chi connectivity index (χ3v) is 7.95. The Balaban J connectivity index is 1.99. The Morgan fingerprint density at radius 2 is 1.42 bits per heavy atom. The summed E-state index contributed by atoms with van der Waals surface area (Å²) in [6, 6.07) is 24.4. The number of carbonyl (C=O) groups is 1. The van der Waals surface area contributed by atoms with Crippen LogP contribution in [-0.4, -0.2) is 17.7 Å². The molecule has 0 aliphatic carbocycles. The molecule has 26 heavy (non-hydrogen) atoms. The highest BCUT2D eigenvalue weighted by Gasteiger charge is 2.43. The first-order valence-corrected chi connectivity index (χ1v) is 10.1. The van der Waals surface area contributed by atoms with Crippen LogP contribution in [0.1, 0.15) is 12.5 Å². The second-order valence-corrected chi connectivity index (χ2v) is 8.87. The van der Waals surface area contributed by atoms with Gasteiger partial charge in [0.05, 0.1) is 0 Å². The van der Waals surface area contributed by atoms with Crippen molar-refractivity contribution in [3.8, 4) is 11.1 Å². The highest BCUT2D eigenvalue weighted by atomic mass is 32.3. The summed E-state index contributed by atoms with van der Waals surface area (Å²) in [5.74, 6) is -0.286. The molecule has 0 amide bonds. The van der Waals surface area contributed by atoms with E-state index in [0.717, 1.165) is 31.4 Å². The van der Waals surface area contributed by atoms with Gasteiger partial charge in [-0.25, -0.2) is 0 Å². The Bertz CT molecular complexity index is 918. The van der Waals surface area contributed by atoms with Crippen LogP contribution in [0.3, 0.4) is 0 Å². The average molecular weight is 364 g/mol. The van der Waals surface area contributed by atoms with Gasteiger partial charge in [-0.3, -0.25) is 4.79 Å². The molecule has 0 spiro atoms. The van der Waals surface area contributed by atoms with Gasteiger partial charge in [0.25, 0.3) is 0 Å². The van der Waals surface area contributed by atoms with Crippen molar-refractivity contribution in [2.45, 2.75) is 28.0 Å². The fraction of sp³-hybridized carbons (Fsp3) is 0.136. The number of fused-ring (bicyclic) bond motifs is 3. The van der Waals surface area contributed by atoms with E-state index in [1.54, 1.807) is 0 Å². The Morgan fingerprint density at radius 1 is 0.885 bits per heavy atom. The van der Waals surface area contributed by atoms with Crippen molar-refractivity contribution < 1.29 is 14.1 Å². The molecule has 4 heteroatoms. The second-order valence-electron chi connectivity index (χ2n) is 6.24. The minimum Gasteiger partial charge on any atom is -0.402 e. The van der Waals surface area contributed by atoms with Gasteiger partial charge in [0.15, 0.2) is 0 Å². The van der Waals surface area contributed by atoms with Crippen LogP contribution in [0, 0.1) is 0 Å². The number of rotatable bonds is 4. The fourth-order valence-corrected chi connectivity index (χ4v) is 6.95. The summed E-state index contributed by atoms with van der Waals surface area (Å²) in [5, 5.41) is 9.17. The molecule has 0 bridgehead atoms. The van der Waals surface area contributed by atoms with E-state index in [-0.39, 0.29) is 12.6 Å². The minimum absolute atomic E-state index is 0.118. The van der Waals surface area contributed by atoms with Crippen molar-refractivity contribution in [2.24, 2.45) is 0 Å². The van der Waals surface area contributed by atoms with Crippen molar-refractivity contribution in [3.63, 3.8) is 0 Å². The molecule has 3 aromatic carbocycles. The molecule has 0 saturated carbocycles. The van der Waals surface area contributed by atoms with Crippen molar-refractivity contribution in [1.82, 2.24) is 0 Å². The number of hydrogen-bond acceptors (Lipinski definition) is 3. The first-order chi connectivity index (χ1) is 12.7. The van der Waals surface area contributed by atoms with Gasteiger partial charge in [-0.15, -0.1) is 0 Å². The van der Waals surface area contributed by atoms with E-state index in [4.69, 9.17) is 9.29 Å². The van der Waals surface area contributed by atoms with Crippen LogP contribution < -0.4 is 0 Å². The van der Waals surface area contributed by atoms with Gasteiger partial charge < -0.3 is 9.29 Å². The first-order valence-electron chi connectivity index (χ1n) is 8.58. The zero-order chi connectivity index (χ0) is 18.1. The molecule has 1 N–H and O–H groups in total. The van der Waals surface area contributed by atoms with Crippen molar-refractivity contribution in [3.05, 3.63) is 78.4 Å². The Morgan fingerprint density at radius 3 is 1.92 bits per heavy atom. The van der Waals surface area contributed by atoms with E-state index in [0.29, 0.717) is 6.42 Å². The molecule has 1 heterocycles. The highest BCUT2D eigenvalue weighted by molar-refractivity contribution is 8.30. The molecule has 1 aliphatic heterocycles. The molecule has 0 aromatic heterocycles. The quantitative estimate of drug-likeness (QED) is 0.712. The van der Waals surface area contributed by atoms with E-state index >= 15 is 0 Å². The van der Waals surface area contributed by atoms with Crippen LogP contribution >= 0.6 is 10.3 Å². The monoisotopic (exact) mass is 364 g/mol. The Labute approximate surface area is 154 Å². The number of aliphatic hydroxyl groups is 1. The summed E-state index contributed by atoms with van der Waals surface area (Å²) in [4.78, 5) is 15.2. The lowest BCUT2D eigenvalue weighted by atomic mass is 10.1. The number of benzene rings is 3. The van der Waals surface area contributed by atoms with Gasteiger partial charge >= 0.3 is 5.97 Å². The van der Waals surface area contributed by atoms with Crippen LogP contribution in [0.15, 0.2) is 87.5 Å². The average Bonchev–Trinajstić information content (AvgIpc) is 2.94. The van der Waals surface area contributed by atoms with E-state index in [1.165, 1.54) is 6.92 Å². The highest BCUT2D eigenvalue weighted by Crippen LogP contribution is 2.76. The number of hydrogen-bond donors (Lipinski definition) is 1. The predicted octanol–water partition coefficient (Wildman–Crippen LogP) is 4.96. The number of aliphatic hydroxyl groups excluding tert-OH is 1. The van der Waals surface area contributed by atoms with Crippen molar-refractivity contribution >= 4 is 16.3 Å². The maximum atomic E-state index is 12.1. The second kappa shape index (κ2) is 6.63. The van der Waals surface area contributed by atoms with E-state index in [2.05, 4.69) is 24.3 Å². The zero-order valence-electron chi connectivity index (χ0n) is 14.5. The standard InChI is InChI=1S/C22H20O3S/c1-16(24)25-26(18-12-10-17(11-13-18)14-15-23)21-8-4-2-6-19(21)20-7-3-5-9-22(20)26/h2-13,23H,14-15H2,1H3. The first kappa shape index (κ1) is 16.9. The van der Waals surface area contributed by atoms with E-state index in [1.807, 2.05) is 48.5 Å². The summed E-state index contributed by atoms with van der Waals surface area (Å²) < 4.78 is 6.13. The molecule has 0 radical (unpaired) electrons. The predicted molar refractivity (Wildman–Crippen MR) is 103 cm³/mol. The molecule has 1 aliphatic rings. The zero-order valence-corrected chi connectivity index (χ0v) is 15.3. The van der Waals surface area contributed by atoms with Crippen LogP contribution in [0.25, 0.3) is 11.1 Å². The maximum absolute atomic E-state index is 12.1. The minimum atomic E-state index is -2.10. The molecular weight excluding hydrogens is 344 g/mol. The van der Waals surface area contributed by atoms with Crippen LogP contribution in [-0.2, 0) is 15.4 Å². The molecule has 3 nitrogen and oxygen atoms in total. The molecule has 0 saturated heterocycles. The summed E-state index contributed by atoms with van der Waals surface area (Å²) in [7, 11) is -2.10. The van der Waals surface area contributed by atoms with E-state index < -0.39 is 10.3 Å². The third kappa shape index (κ3) is 2.54. The summed E-state index contributed by atoms with van der Waals surface area (Å²) >= 11 is 0. The SMILES string of the molecule is CC(=O)OS1(c2ccc(CCO)cc2)c2ccccc2-c2ccccc21. The summed E-state index contributed by atoms with van der Waals surface area (Å²) in [6.45, 7) is 1.59. The van der Waals surface area contributed by atoms with E-state index in [9.17, 15) is 4.79 Å². The maximum Gasteiger partial charge on any atom is 0.313 e. The fourth-order valence-electron chi connectivity index (χ4n) is 3.54.